The third kappa shape index (κ3) is 18.7. The Morgan fingerprint density at radius 2 is 1.25 bits per heavy atom. The maximum absolute atomic E-state index is 14.2. The maximum Gasteiger partial charge on any atom is 0.407 e. The summed E-state index contributed by atoms with van der Waals surface area (Å²) in [4.78, 5) is 91.7. The first-order valence-electron chi connectivity index (χ1n) is 22.0. The Balaban J connectivity index is 1.64. The summed E-state index contributed by atoms with van der Waals surface area (Å²) in [6, 6.07) is 12.1. The van der Waals surface area contributed by atoms with Crippen molar-refractivity contribution >= 4 is 41.8 Å². The minimum absolute atomic E-state index is 0.0317. The number of carbonyl (C=O) groups is 7. The summed E-state index contributed by atoms with van der Waals surface area (Å²) in [6.07, 6.45) is 3.08. The molecular formula is C46H69N7O10. The molecule has 4 atom stereocenters. The molecule has 2 aromatic rings. The van der Waals surface area contributed by atoms with Crippen LogP contribution in [0.1, 0.15) is 129 Å². The quantitative estimate of drug-likeness (QED) is 0.0602. The zero-order valence-electron chi connectivity index (χ0n) is 38.0. The Hall–Kier alpha value is -5.71. The number of amides is 6. The highest BCUT2D eigenvalue weighted by Crippen LogP contribution is 2.23. The van der Waals surface area contributed by atoms with Crippen molar-refractivity contribution in [2.24, 2.45) is 5.73 Å². The SMILES string of the molecule is CCCCc1ccc(-c2ccc(C(=O)NC(CCCCNC(=O)OC(C)(C)C)C(=O)N3CCCC3C(=O)NC(N)C(=O)NC(CCCCNC(=O)OC(C)(C)C)C(=O)O)cc2)cc1. The lowest BCUT2D eigenvalue weighted by Crippen LogP contribution is -2.59. The Morgan fingerprint density at radius 1 is 0.730 bits per heavy atom. The van der Waals surface area contributed by atoms with Crippen molar-refractivity contribution in [3.05, 3.63) is 59.7 Å². The smallest absolute Gasteiger partial charge is 0.407 e. The van der Waals surface area contributed by atoms with E-state index in [1.807, 2.05) is 12.1 Å². The zero-order chi connectivity index (χ0) is 46.7. The van der Waals surface area contributed by atoms with Crippen LogP contribution in [0.3, 0.4) is 0 Å². The molecule has 3 rings (SSSR count). The summed E-state index contributed by atoms with van der Waals surface area (Å²) in [5, 5.41) is 22.7. The van der Waals surface area contributed by atoms with E-state index in [2.05, 4.69) is 57.8 Å². The standard InChI is InChI=1S/C46H69N7O10/c1-8-9-15-30-19-21-31(22-20-30)32-23-25-33(26-24-32)38(54)50-34(16-10-12-27-48-43(60)62-45(2,3)4)41(57)53-29-14-18-36(53)39(55)52-37(47)40(56)51-35(42(58)59)17-11-13-28-49-44(61)63-46(5,6)7/h19-26,34-37H,8-18,27-29,47H2,1-7H3,(H,48,60)(H,49,61)(H,50,54)(H,51,56)(H,52,55)(H,58,59). The monoisotopic (exact) mass is 880 g/mol. The number of benzene rings is 2. The molecule has 0 aromatic heterocycles. The van der Waals surface area contributed by atoms with Crippen molar-refractivity contribution in [2.45, 2.75) is 155 Å². The second-order valence-electron chi connectivity index (χ2n) is 17.8. The predicted octanol–water partition coefficient (Wildman–Crippen LogP) is 5.15. The summed E-state index contributed by atoms with van der Waals surface area (Å²) in [6.45, 7) is 13.3. The fraction of sp³-hybridized carbons (Fsp3) is 0.587. The number of carbonyl (C=O) groups excluding carboxylic acids is 6. The van der Waals surface area contributed by atoms with E-state index in [-0.39, 0.29) is 38.9 Å². The number of hydrogen-bond acceptors (Lipinski definition) is 10. The molecule has 348 valence electrons. The number of aliphatic carboxylic acids is 1. The van der Waals surface area contributed by atoms with Gasteiger partial charge < -0.3 is 51.8 Å². The first-order valence-corrected chi connectivity index (χ1v) is 22.0. The van der Waals surface area contributed by atoms with Crippen LogP contribution in [-0.4, -0.2) is 107 Å². The molecular weight excluding hydrogens is 811 g/mol. The largest absolute Gasteiger partial charge is 0.480 e. The Kier molecular flexibility index (Phi) is 20.3. The molecule has 0 bridgehead atoms. The molecule has 2 aromatic carbocycles. The lowest BCUT2D eigenvalue weighted by Gasteiger charge is -2.29. The van der Waals surface area contributed by atoms with Gasteiger partial charge in [-0.1, -0.05) is 49.7 Å². The number of nitrogens with zero attached hydrogens (tertiary/aromatic N) is 1. The van der Waals surface area contributed by atoms with Crippen LogP contribution in [0.15, 0.2) is 48.5 Å². The second-order valence-corrected chi connectivity index (χ2v) is 17.8. The number of carboxylic acids is 1. The molecule has 0 radical (unpaired) electrons. The van der Waals surface area contributed by atoms with Crippen LogP contribution in [0.4, 0.5) is 9.59 Å². The molecule has 0 spiro atoms. The van der Waals surface area contributed by atoms with Gasteiger partial charge in [-0.05, 0) is 135 Å². The van der Waals surface area contributed by atoms with Gasteiger partial charge >= 0.3 is 18.2 Å². The highest BCUT2D eigenvalue weighted by atomic mass is 16.6. The van der Waals surface area contributed by atoms with Gasteiger partial charge in [0.25, 0.3) is 11.8 Å². The normalized spacial score (nSPS) is 15.3. The Morgan fingerprint density at radius 3 is 1.76 bits per heavy atom. The van der Waals surface area contributed by atoms with Crippen LogP contribution < -0.4 is 32.3 Å². The molecule has 1 heterocycles. The first-order chi connectivity index (χ1) is 29.7. The Bertz CT molecular complexity index is 1840. The van der Waals surface area contributed by atoms with Gasteiger partial charge in [-0.3, -0.25) is 19.2 Å². The number of alkyl carbamates (subject to hydrolysis) is 2. The van der Waals surface area contributed by atoms with Crippen LogP contribution in [0.5, 0.6) is 0 Å². The average Bonchev–Trinajstić information content (AvgIpc) is 3.71. The van der Waals surface area contributed by atoms with Crippen molar-refractivity contribution < 1.29 is 48.1 Å². The highest BCUT2D eigenvalue weighted by molar-refractivity contribution is 5.99. The third-order valence-electron chi connectivity index (χ3n) is 10.1. The van der Waals surface area contributed by atoms with Crippen LogP contribution in [0, 0.1) is 0 Å². The van der Waals surface area contributed by atoms with E-state index in [9.17, 15) is 38.7 Å². The number of carboxylic acid groups (broad SMARTS) is 1. The number of hydrogen-bond donors (Lipinski definition) is 7. The lowest BCUT2D eigenvalue weighted by atomic mass is 10.0. The number of likely N-dealkylation sites (tertiary alicyclic amines) is 1. The molecule has 1 saturated heterocycles. The molecule has 1 aliphatic rings. The number of unbranched alkanes of at least 4 members (excludes halogenated alkanes) is 3. The number of nitrogens with one attached hydrogen (secondary N) is 5. The molecule has 1 aliphatic heterocycles. The van der Waals surface area contributed by atoms with Gasteiger partial charge in [-0.15, -0.1) is 0 Å². The van der Waals surface area contributed by atoms with Crippen LogP contribution >= 0.6 is 0 Å². The van der Waals surface area contributed by atoms with Gasteiger partial charge in [0, 0.05) is 25.2 Å². The maximum atomic E-state index is 14.2. The lowest BCUT2D eigenvalue weighted by molar-refractivity contribution is -0.143. The van der Waals surface area contributed by atoms with Gasteiger partial charge in [-0.2, -0.15) is 0 Å². The topological polar surface area (TPSA) is 248 Å². The van der Waals surface area contributed by atoms with E-state index in [0.29, 0.717) is 37.7 Å². The van der Waals surface area contributed by atoms with E-state index in [4.69, 9.17) is 15.2 Å². The number of aryl methyl sites for hydroxylation is 1. The second kappa shape index (κ2) is 24.8. The van der Waals surface area contributed by atoms with Crippen molar-refractivity contribution in [1.29, 1.82) is 0 Å². The summed E-state index contributed by atoms with van der Waals surface area (Å²) in [7, 11) is 0. The number of ether oxygens (including phenoxy) is 2. The molecule has 17 nitrogen and oxygen atoms in total. The van der Waals surface area contributed by atoms with Gasteiger partial charge in [0.15, 0.2) is 6.17 Å². The van der Waals surface area contributed by atoms with Crippen LogP contribution in [0.25, 0.3) is 11.1 Å². The van der Waals surface area contributed by atoms with Crippen molar-refractivity contribution in [3.63, 3.8) is 0 Å². The average molecular weight is 880 g/mol. The third-order valence-corrected chi connectivity index (χ3v) is 10.1. The van der Waals surface area contributed by atoms with Crippen molar-refractivity contribution in [2.75, 3.05) is 19.6 Å². The molecule has 17 heteroatoms. The summed E-state index contributed by atoms with van der Waals surface area (Å²) < 4.78 is 10.5. The Labute approximate surface area is 371 Å². The molecule has 63 heavy (non-hydrogen) atoms. The van der Waals surface area contributed by atoms with Gasteiger partial charge in [-0.25, -0.2) is 14.4 Å². The van der Waals surface area contributed by atoms with Gasteiger partial charge in [0.1, 0.15) is 29.3 Å². The highest BCUT2D eigenvalue weighted by Gasteiger charge is 2.39. The van der Waals surface area contributed by atoms with Gasteiger partial charge in [0.2, 0.25) is 11.8 Å². The number of rotatable bonds is 22. The molecule has 0 saturated carbocycles. The fourth-order valence-electron chi connectivity index (χ4n) is 6.85. The van der Waals surface area contributed by atoms with Crippen LogP contribution in [0.2, 0.25) is 0 Å². The van der Waals surface area contributed by atoms with Crippen molar-refractivity contribution in [1.82, 2.24) is 31.5 Å². The summed E-state index contributed by atoms with van der Waals surface area (Å²) in [5.41, 5.74) is 8.24. The molecule has 4 unspecified atom stereocenters. The molecule has 0 aliphatic carbocycles. The summed E-state index contributed by atoms with van der Waals surface area (Å²) >= 11 is 0. The first kappa shape index (κ1) is 51.6. The van der Waals surface area contributed by atoms with E-state index in [0.717, 1.165) is 30.4 Å². The minimum atomic E-state index is -1.62. The molecule has 1 fully saturated rings. The van der Waals surface area contributed by atoms with Crippen LogP contribution in [-0.2, 0) is 35.1 Å². The van der Waals surface area contributed by atoms with E-state index >= 15 is 0 Å². The van der Waals surface area contributed by atoms with E-state index < -0.39 is 77.3 Å². The van der Waals surface area contributed by atoms with Gasteiger partial charge in [0.05, 0.1) is 0 Å². The summed E-state index contributed by atoms with van der Waals surface area (Å²) in [5.74, 6) is -3.91. The van der Waals surface area contributed by atoms with E-state index in [1.54, 1.807) is 53.7 Å². The zero-order valence-corrected chi connectivity index (χ0v) is 38.0. The predicted molar refractivity (Wildman–Crippen MR) is 238 cm³/mol. The minimum Gasteiger partial charge on any atom is -0.480 e. The molecule has 8 N–H and O–H groups in total. The fourth-order valence-corrected chi connectivity index (χ4v) is 6.85. The number of nitrogens with two attached hydrogens (primary N) is 1. The molecule has 6 amide bonds. The van der Waals surface area contributed by atoms with Crippen molar-refractivity contribution in [3.8, 4) is 11.1 Å². The van der Waals surface area contributed by atoms with E-state index in [1.165, 1.54) is 10.5 Å².